The standard InChI is InChI=1S/C13H13FN2O2/c14-12-4-2-1-3-11(12)9-16-8-10(7-15-16)5-6-13(17)18/h1-4,7-8H,5-6,9H2,(H,17,18). The number of hydrogen-bond acceptors (Lipinski definition) is 2. The molecule has 0 atom stereocenters. The summed E-state index contributed by atoms with van der Waals surface area (Å²) in [6.07, 6.45) is 3.87. The van der Waals surface area contributed by atoms with Crippen LogP contribution in [-0.2, 0) is 17.8 Å². The number of carboxylic acid groups (broad SMARTS) is 1. The smallest absolute Gasteiger partial charge is 0.303 e. The van der Waals surface area contributed by atoms with Gasteiger partial charge in [-0.15, -0.1) is 0 Å². The molecule has 0 saturated carbocycles. The second kappa shape index (κ2) is 5.44. The van der Waals surface area contributed by atoms with Crippen LogP contribution < -0.4 is 0 Å². The molecule has 0 radical (unpaired) electrons. The van der Waals surface area contributed by atoms with Crippen LogP contribution in [0.2, 0.25) is 0 Å². The van der Waals surface area contributed by atoms with Crippen molar-refractivity contribution in [3.8, 4) is 0 Å². The fourth-order valence-corrected chi connectivity index (χ4v) is 1.67. The van der Waals surface area contributed by atoms with E-state index in [1.54, 1.807) is 35.3 Å². The minimum Gasteiger partial charge on any atom is -0.481 e. The minimum atomic E-state index is -0.836. The first-order chi connectivity index (χ1) is 8.65. The van der Waals surface area contributed by atoms with Crippen molar-refractivity contribution in [2.24, 2.45) is 0 Å². The lowest BCUT2D eigenvalue weighted by Gasteiger charge is -2.02. The highest BCUT2D eigenvalue weighted by Gasteiger charge is 2.05. The molecule has 0 aliphatic heterocycles. The van der Waals surface area contributed by atoms with Crippen LogP contribution in [0.5, 0.6) is 0 Å². The Morgan fingerprint density at radius 1 is 1.39 bits per heavy atom. The molecule has 18 heavy (non-hydrogen) atoms. The van der Waals surface area contributed by atoms with Crippen LogP contribution in [0.15, 0.2) is 36.7 Å². The molecule has 1 heterocycles. The maximum Gasteiger partial charge on any atom is 0.303 e. The molecule has 1 aromatic heterocycles. The van der Waals surface area contributed by atoms with Gasteiger partial charge in [-0.25, -0.2) is 4.39 Å². The fraction of sp³-hybridized carbons (Fsp3) is 0.231. The molecule has 94 valence electrons. The summed E-state index contributed by atoms with van der Waals surface area (Å²) in [5.74, 6) is -1.10. The zero-order chi connectivity index (χ0) is 13.0. The molecule has 1 N–H and O–H groups in total. The van der Waals surface area contributed by atoms with Crippen LogP contribution in [0.25, 0.3) is 0 Å². The molecular weight excluding hydrogens is 235 g/mol. The third-order valence-electron chi connectivity index (χ3n) is 2.60. The first kappa shape index (κ1) is 12.3. The second-order valence-electron chi connectivity index (χ2n) is 4.03. The fourth-order valence-electron chi connectivity index (χ4n) is 1.67. The predicted molar refractivity (Wildman–Crippen MR) is 63.7 cm³/mol. The summed E-state index contributed by atoms with van der Waals surface area (Å²) in [6, 6.07) is 6.52. The van der Waals surface area contributed by atoms with Gasteiger partial charge in [0.05, 0.1) is 12.7 Å². The van der Waals surface area contributed by atoms with E-state index in [4.69, 9.17) is 5.11 Å². The Bertz CT molecular complexity index is 551. The lowest BCUT2D eigenvalue weighted by atomic mass is 10.2. The van der Waals surface area contributed by atoms with E-state index in [9.17, 15) is 9.18 Å². The van der Waals surface area contributed by atoms with Crippen molar-refractivity contribution >= 4 is 5.97 Å². The van der Waals surface area contributed by atoms with Crippen LogP contribution in [0.3, 0.4) is 0 Å². The van der Waals surface area contributed by atoms with Crippen LogP contribution in [0, 0.1) is 5.82 Å². The number of halogens is 1. The third-order valence-corrected chi connectivity index (χ3v) is 2.60. The molecule has 0 fully saturated rings. The van der Waals surface area contributed by atoms with E-state index >= 15 is 0 Å². The van der Waals surface area contributed by atoms with Crippen molar-refractivity contribution in [1.82, 2.24) is 9.78 Å². The first-order valence-electron chi connectivity index (χ1n) is 5.61. The molecule has 0 amide bonds. The lowest BCUT2D eigenvalue weighted by Crippen LogP contribution is -2.02. The van der Waals surface area contributed by atoms with E-state index < -0.39 is 5.97 Å². The van der Waals surface area contributed by atoms with Gasteiger partial charge >= 0.3 is 5.97 Å². The number of aliphatic carboxylic acids is 1. The molecule has 5 heteroatoms. The Morgan fingerprint density at radius 3 is 2.89 bits per heavy atom. The van der Waals surface area contributed by atoms with Gasteiger partial charge in [0.2, 0.25) is 0 Å². The highest BCUT2D eigenvalue weighted by atomic mass is 19.1. The number of hydrogen-bond donors (Lipinski definition) is 1. The molecule has 0 spiro atoms. The number of carbonyl (C=O) groups is 1. The maximum absolute atomic E-state index is 13.4. The van der Waals surface area contributed by atoms with Crippen molar-refractivity contribution in [2.75, 3.05) is 0 Å². The summed E-state index contributed by atoms with van der Waals surface area (Å²) in [7, 11) is 0. The quantitative estimate of drug-likeness (QED) is 0.881. The number of carboxylic acids is 1. The average Bonchev–Trinajstić information content (AvgIpc) is 2.77. The van der Waals surface area contributed by atoms with Crippen LogP contribution in [-0.4, -0.2) is 20.9 Å². The highest BCUT2D eigenvalue weighted by Crippen LogP contribution is 2.09. The number of aryl methyl sites for hydroxylation is 1. The average molecular weight is 248 g/mol. The second-order valence-corrected chi connectivity index (χ2v) is 4.03. The SMILES string of the molecule is O=C(O)CCc1cnn(Cc2ccccc2F)c1. The normalized spacial score (nSPS) is 10.5. The molecule has 1 aromatic carbocycles. The van der Waals surface area contributed by atoms with Crippen molar-refractivity contribution < 1.29 is 14.3 Å². The highest BCUT2D eigenvalue weighted by molar-refractivity contribution is 5.67. The third kappa shape index (κ3) is 3.16. The van der Waals surface area contributed by atoms with Crippen molar-refractivity contribution in [3.05, 3.63) is 53.6 Å². The molecule has 0 aliphatic rings. The summed E-state index contributed by atoms with van der Waals surface area (Å²) >= 11 is 0. The minimum absolute atomic E-state index is 0.0748. The van der Waals surface area contributed by atoms with Crippen LogP contribution in [0.1, 0.15) is 17.5 Å². The molecule has 2 aromatic rings. The first-order valence-corrected chi connectivity index (χ1v) is 5.61. The Hall–Kier alpha value is -2.17. The molecule has 0 aliphatic carbocycles. The summed E-state index contributed by atoms with van der Waals surface area (Å²) in [5.41, 5.74) is 1.40. The van der Waals surface area contributed by atoms with E-state index in [0.29, 0.717) is 18.5 Å². The van der Waals surface area contributed by atoms with Gasteiger partial charge in [0.1, 0.15) is 5.82 Å². The summed E-state index contributed by atoms with van der Waals surface area (Å²) in [4.78, 5) is 10.4. The number of aromatic nitrogens is 2. The molecule has 0 saturated heterocycles. The van der Waals surface area contributed by atoms with Crippen LogP contribution in [0.4, 0.5) is 4.39 Å². The molecule has 0 bridgehead atoms. The van der Waals surface area contributed by atoms with Crippen LogP contribution >= 0.6 is 0 Å². The molecule has 2 rings (SSSR count). The topological polar surface area (TPSA) is 55.1 Å². The van der Waals surface area contributed by atoms with Gasteiger partial charge in [0.25, 0.3) is 0 Å². The van der Waals surface area contributed by atoms with Gasteiger partial charge in [0.15, 0.2) is 0 Å². The predicted octanol–water partition coefficient (Wildman–Crippen LogP) is 2.09. The largest absolute Gasteiger partial charge is 0.481 e. The Balaban J connectivity index is 2.02. The van der Waals surface area contributed by atoms with Gasteiger partial charge in [-0.05, 0) is 18.1 Å². The van der Waals surface area contributed by atoms with E-state index in [1.165, 1.54) is 6.07 Å². The van der Waals surface area contributed by atoms with E-state index in [2.05, 4.69) is 5.10 Å². The van der Waals surface area contributed by atoms with Crippen molar-refractivity contribution in [1.29, 1.82) is 0 Å². The number of rotatable bonds is 5. The van der Waals surface area contributed by atoms with Gasteiger partial charge in [-0.1, -0.05) is 18.2 Å². The van der Waals surface area contributed by atoms with E-state index in [0.717, 1.165) is 5.56 Å². The Kier molecular flexibility index (Phi) is 3.72. The maximum atomic E-state index is 13.4. The Morgan fingerprint density at radius 2 is 2.17 bits per heavy atom. The zero-order valence-electron chi connectivity index (χ0n) is 9.71. The van der Waals surface area contributed by atoms with Gasteiger partial charge < -0.3 is 5.11 Å². The van der Waals surface area contributed by atoms with Gasteiger partial charge in [0, 0.05) is 18.2 Å². The lowest BCUT2D eigenvalue weighted by molar-refractivity contribution is -0.136. The molecular formula is C13H13FN2O2. The van der Waals surface area contributed by atoms with E-state index in [1.807, 2.05) is 0 Å². The summed E-state index contributed by atoms with van der Waals surface area (Å²) in [6.45, 7) is 0.347. The molecule has 0 unspecified atom stereocenters. The van der Waals surface area contributed by atoms with E-state index in [-0.39, 0.29) is 12.2 Å². The number of nitrogens with zero attached hydrogens (tertiary/aromatic N) is 2. The zero-order valence-corrected chi connectivity index (χ0v) is 9.71. The number of benzene rings is 1. The Labute approximate surface area is 104 Å². The van der Waals surface area contributed by atoms with Gasteiger partial charge in [-0.2, -0.15) is 5.10 Å². The van der Waals surface area contributed by atoms with Crippen molar-refractivity contribution in [3.63, 3.8) is 0 Å². The molecule has 4 nitrogen and oxygen atoms in total. The van der Waals surface area contributed by atoms with Crippen molar-refractivity contribution in [2.45, 2.75) is 19.4 Å². The van der Waals surface area contributed by atoms with Gasteiger partial charge in [-0.3, -0.25) is 9.48 Å². The monoisotopic (exact) mass is 248 g/mol. The summed E-state index contributed by atoms with van der Waals surface area (Å²) < 4.78 is 15.0. The summed E-state index contributed by atoms with van der Waals surface area (Å²) in [5, 5.41) is 12.7.